The van der Waals surface area contributed by atoms with E-state index in [-0.39, 0.29) is 0 Å². The molecule has 0 saturated heterocycles. The third-order valence-electron chi connectivity index (χ3n) is 1.54. The van der Waals surface area contributed by atoms with Crippen molar-refractivity contribution < 1.29 is 0 Å². The van der Waals surface area contributed by atoms with Crippen LogP contribution in [0.15, 0.2) is 41.4 Å². The fourth-order valence-electron chi connectivity index (χ4n) is 0.968. The molecule has 0 atom stereocenters. The minimum absolute atomic E-state index is 0.679. The standard InChI is InChI=1S/C9H7BrN4.C3H8/c10-7-1-2-12-8(5-7)14-9-6-11-3-4-13-9;1-3-2/h1-6H,(H,12,13,14);3H2,1-2H3. The first kappa shape index (κ1) is 13.6. The second-order valence-electron chi connectivity index (χ2n) is 3.28. The number of hydrogen-bond donors (Lipinski definition) is 1. The highest BCUT2D eigenvalue weighted by molar-refractivity contribution is 9.10. The molecule has 2 rings (SSSR count). The van der Waals surface area contributed by atoms with Crippen LogP contribution in [-0.2, 0) is 0 Å². The van der Waals surface area contributed by atoms with Crippen molar-refractivity contribution in [1.82, 2.24) is 15.0 Å². The zero-order chi connectivity index (χ0) is 12.5. The third kappa shape index (κ3) is 5.40. The molecule has 0 saturated carbocycles. The van der Waals surface area contributed by atoms with E-state index in [1.54, 1.807) is 24.8 Å². The monoisotopic (exact) mass is 294 g/mol. The van der Waals surface area contributed by atoms with Crippen LogP contribution in [0.2, 0.25) is 0 Å². The molecule has 4 nitrogen and oxygen atoms in total. The normalized spacial score (nSPS) is 9.12. The molecule has 0 aliphatic heterocycles. The van der Waals surface area contributed by atoms with Crippen LogP contribution in [0.5, 0.6) is 0 Å². The summed E-state index contributed by atoms with van der Waals surface area (Å²) in [5, 5.41) is 3.03. The summed E-state index contributed by atoms with van der Waals surface area (Å²) in [6.45, 7) is 4.25. The first-order chi connectivity index (χ1) is 8.26. The Morgan fingerprint density at radius 3 is 2.41 bits per heavy atom. The van der Waals surface area contributed by atoms with E-state index in [0.29, 0.717) is 5.82 Å². The van der Waals surface area contributed by atoms with Gasteiger partial charge in [0.2, 0.25) is 0 Å². The first-order valence-electron chi connectivity index (χ1n) is 5.40. The Morgan fingerprint density at radius 2 is 1.82 bits per heavy atom. The minimum Gasteiger partial charge on any atom is -0.324 e. The van der Waals surface area contributed by atoms with Gasteiger partial charge < -0.3 is 5.32 Å². The second-order valence-corrected chi connectivity index (χ2v) is 4.20. The van der Waals surface area contributed by atoms with E-state index < -0.39 is 0 Å². The summed E-state index contributed by atoms with van der Waals surface area (Å²) in [4.78, 5) is 12.1. The van der Waals surface area contributed by atoms with Crippen LogP contribution < -0.4 is 5.32 Å². The van der Waals surface area contributed by atoms with Gasteiger partial charge in [-0.15, -0.1) is 0 Å². The van der Waals surface area contributed by atoms with E-state index in [2.05, 4.69) is 50.0 Å². The van der Waals surface area contributed by atoms with Crippen molar-refractivity contribution in [2.75, 3.05) is 5.32 Å². The summed E-state index contributed by atoms with van der Waals surface area (Å²) < 4.78 is 0.971. The first-order valence-corrected chi connectivity index (χ1v) is 6.20. The van der Waals surface area contributed by atoms with Crippen molar-refractivity contribution in [3.05, 3.63) is 41.4 Å². The van der Waals surface area contributed by atoms with Crippen LogP contribution in [0.4, 0.5) is 11.6 Å². The highest BCUT2D eigenvalue weighted by Gasteiger charge is 1.96. The van der Waals surface area contributed by atoms with Crippen molar-refractivity contribution in [2.45, 2.75) is 20.3 Å². The van der Waals surface area contributed by atoms with Gasteiger partial charge in [0.15, 0.2) is 0 Å². The molecule has 2 aromatic heterocycles. The average Bonchev–Trinajstić information content (AvgIpc) is 2.31. The number of nitrogens with one attached hydrogen (secondary N) is 1. The molecule has 2 aromatic rings. The molecule has 1 N–H and O–H groups in total. The zero-order valence-corrected chi connectivity index (χ0v) is 11.5. The molecule has 17 heavy (non-hydrogen) atoms. The van der Waals surface area contributed by atoms with Gasteiger partial charge in [-0.05, 0) is 12.1 Å². The van der Waals surface area contributed by atoms with Gasteiger partial charge >= 0.3 is 0 Å². The summed E-state index contributed by atoms with van der Waals surface area (Å²) in [7, 11) is 0. The smallest absolute Gasteiger partial charge is 0.150 e. The van der Waals surface area contributed by atoms with Gasteiger partial charge in [0, 0.05) is 23.1 Å². The predicted molar refractivity (Wildman–Crippen MR) is 73.2 cm³/mol. The van der Waals surface area contributed by atoms with Crippen LogP contribution in [0.25, 0.3) is 0 Å². The maximum Gasteiger partial charge on any atom is 0.150 e. The highest BCUT2D eigenvalue weighted by Crippen LogP contribution is 2.15. The van der Waals surface area contributed by atoms with E-state index in [1.165, 1.54) is 6.42 Å². The van der Waals surface area contributed by atoms with Gasteiger partial charge in [-0.1, -0.05) is 36.2 Å². The third-order valence-corrected chi connectivity index (χ3v) is 2.03. The molecule has 0 bridgehead atoms. The molecular weight excluding hydrogens is 280 g/mol. The Hall–Kier alpha value is -1.49. The van der Waals surface area contributed by atoms with Crippen molar-refractivity contribution in [3.8, 4) is 0 Å². The highest BCUT2D eigenvalue weighted by atomic mass is 79.9. The largest absolute Gasteiger partial charge is 0.324 e. The molecule has 0 radical (unpaired) electrons. The second kappa shape index (κ2) is 7.73. The number of aromatic nitrogens is 3. The minimum atomic E-state index is 0.679. The number of pyridine rings is 1. The number of anilines is 2. The topological polar surface area (TPSA) is 50.7 Å². The van der Waals surface area contributed by atoms with Gasteiger partial charge in [0.25, 0.3) is 0 Å². The molecular formula is C12H15BrN4. The van der Waals surface area contributed by atoms with Crippen molar-refractivity contribution in [1.29, 1.82) is 0 Å². The van der Waals surface area contributed by atoms with Gasteiger partial charge in [-0.2, -0.15) is 0 Å². The molecule has 0 spiro atoms. The van der Waals surface area contributed by atoms with Crippen molar-refractivity contribution in [2.24, 2.45) is 0 Å². The molecule has 5 heteroatoms. The lowest BCUT2D eigenvalue weighted by molar-refractivity contribution is 1.09. The summed E-state index contributed by atoms with van der Waals surface area (Å²) in [5.74, 6) is 1.41. The molecule has 0 unspecified atom stereocenters. The Bertz CT molecular complexity index is 434. The summed E-state index contributed by atoms with van der Waals surface area (Å²) in [5.41, 5.74) is 0. The van der Waals surface area contributed by atoms with Crippen LogP contribution in [0, 0.1) is 0 Å². The Labute approximate surface area is 110 Å². The molecule has 0 aromatic carbocycles. The SMILES string of the molecule is Brc1ccnc(Nc2cnccn2)c1.CCC. The maximum absolute atomic E-state index is 4.13. The van der Waals surface area contributed by atoms with Gasteiger partial charge in [-0.25, -0.2) is 9.97 Å². The summed E-state index contributed by atoms with van der Waals surface area (Å²) in [6, 6.07) is 3.73. The number of hydrogen-bond acceptors (Lipinski definition) is 4. The van der Waals surface area contributed by atoms with Crippen LogP contribution in [-0.4, -0.2) is 15.0 Å². The fraction of sp³-hybridized carbons (Fsp3) is 0.250. The maximum atomic E-state index is 4.13. The lowest BCUT2D eigenvalue weighted by atomic mass is 10.4. The van der Waals surface area contributed by atoms with Gasteiger partial charge in [0.05, 0.1) is 6.20 Å². The summed E-state index contributed by atoms with van der Waals surface area (Å²) >= 11 is 3.36. The van der Waals surface area contributed by atoms with E-state index in [4.69, 9.17) is 0 Å². The molecule has 0 aliphatic carbocycles. The van der Waals surface area contributed by atoms with Gasteiger partial charge in [-0.3, -0.25) is 4.98 Å². The van der Waals surface area contributed by atoms with Crippen LogP contribution in [0.1, 0.15) is 20.3 Å². The van der Waals surface area contributed by atoms with E-state index >= 15 is 0 Å². The quantitative estimate of drug-likeness (QED) is 0.915. The Kier molecular flexibility index (Phi) is 6.17. The van der Waals surface area contributed by atoms with E-state index in [0.717, 1.165) is 10.3 Å². The Morgan fingerprint density at radius 1 is 1.12 bits per heavy atom. The predicted octanol–water partition coefficient (Wildman–Crippen LogP) is 3.79. The molecule has 0 amide bonds. The molecule has 0 aliphatic rings. The van der Waals surface area contributed by atoms with Gasteiger partial charge in [0.1, 0.15) is 11.6 Å². The van der Waals surface area contributed by atoms with Crippen molar-refractivity contribution in [3.63, 3.8) is 0 Å². The Balaban J connectivity index is 0.000000437. The molecule has 0 fully saturated rings. The lowest BCUT2D eigenvalue weighted by Gasteiger charge is -2.02. The molecule has 2 heterocycles. The summed E-state index contributed by atoms with van der Waals surface area (Å²) in [6.07, 6.45) is 7.85. The number of nitrogens with zero attached hydrogens (tertiary/aromatic N) is 3. The fourth-order valence-corrected chi connectivity index (χ4v) is 1.30. The van der Waals surface area contributed by atoms with Crippen molar-refractivity contribution >= 4 is 27.6 Å². The van der Waals surface area contributed by atoms with E-state index in [9.17, 15) is 0 Å². The zero-order valence-electron chi connectivity index (χ0n) is 9.89. The number of halogens is 1. The number of rotatable bonds is 2. The van der Waals surface area contributed by atoms with E-state index in [1.807, 2.05) is 12.1 Å². The average molecular weight is 295 g/mol. The van der Waals surface area contributed by atoms with Crippen LogP contribution >= 0.6 is 15.9 Å². The molecule has 90 valence electrons. The van der Waals surface area contributed by atoms with Crippen LogP contribution in [0.3, 0.4) is 0 Å². The lowest BCUT2D eigenvalue weighted by Crippen LogP contribution is -1.95.